The van der Waals surface area contributed by atoms with Crippen LogP contribution in [0.1, 0.15) is 17.3 Å². The fourth-order valence-electron chi connectivity index (χ4n) is 1.47. The number of aromatic nitrogens is 2. The van der Waals surface area contributed by atoms with E-state index in [0.717, 1.165) is 0 Å². The first-order valence-corrected chi connectivity index (χ1v) is 5.55. The number of carbonyl (C=O) groups is 1. The van der Waals surface area contributed by atoms with Gasteiger partial charge in [-0.1, -0.05) is 18.2 Å². The Kier molecular flexibility index (Phi) is 3.52. The molecule has 0 saturated carbocycles. The normalized spacial score (nSPS) is 10.1. The third-order valence-electron chi connectivity index (χ3n) is 2.42. The lowest BCUT2D eigenvalue weighted by Crippen LogP contribution is -2.24. The van der Waals surface area contributed by atoms with Gasteiger partial charge >= 0.3 is 11.5 Å². The van der Waals surface area contributed by atoms with Gasteiger partial charge < -0.3 is 9.30 Å². The van der Waals surface area contributed by atoms with Crippen LogP contribution in [-0.2, 0) is 6.54 Å². The third-order valence-corrected chi connectivity index (χ3v) is 2.42. The van der Waals surface area contributed by atoms with E-state index in [9.17, 15) is 9.59 Å². The quantitative estimate of drug-likeness (QED) is 0.767. The van der Waals surface area contributed by atoms with Crippen LogP contribution in [0.4, 0.5) is 0 Å². The number of rotatable bonds is 3. The zero-order valence-corrected chi connectivity index (χ0v) is 9.87. The Morgan fingerprint density at radius 1 is 1.33 bits per heavy atom. The summed E-state index contributed by atoms with van der Waals surface area (Å²) in [5, 5.41) is 0. The van der Waals surface area contributed by atoms with Crippen molar-refractivity contribution in [3.63, 3.8) is 0 Å². The Labute approximate surface area is 104 Å². The topological polar surface area (TPSA) is 61.2 Å². The van der Waals surface area contributed by atoms with Gasteiger partial charge in [0.1, 0.15) is 0 Å². The van der Waals surface area contributed by atoms with Gasteiger partial charge in [0.25, 0.3) is 5.88 Å². The number of carbonyl (C=O) groups excluding carboxylic acids is 1. The predicted octanol–water partition coefficient (Wildman–Crippen LogP) is 1.48. The summed E-state index contributed by atoms with van der Waals surface area (Å²) in [4.78, 5) is 27.3. The molecule has 0 amide bonds. The molecule has 0 bridgehead atoms. The van der Waals surface area contributed by atoms with E-state index < -0.39 is 11.5 Å². The first-order valence-electron chi connectivity index (χ1n) is 5.55. The third kappa shape index (κ3) is 2.45. The number of hydrogen-bond acceptors (Lipinski definition) is 4. The molecule has 92 valence electrons. The summed E-state index contributed by atoms with van der Waals surface area (Å²) in [6.07, 6.45) is 2.97. The van der Waals surface area contributed by atoms with Gasteiger partial charge in [0.15, 0.2) is 0 Å². The van der Waals surface area contributed by atoms with Gasteiger partial charge in [0.05, 0.1) is 5.56 Å². The minimum atomic E-state index is -0.589. The highest BCUT2D eigenvalue weighted by Crippen LogP contribution is 2.04. The fraction of sp³-hybridized carbons (Fsp3) is 0.154. The lowest BCUT2D eigenvalue weighted by atomic mass is 10.2. The van der Waals surface area contributed by atoms with Crippen molar-refractivity contribution in [2.45, 2.75) is 13.5 Å². The van der Waals surface area contributed by atoms with E-state index in [1.165, 1.54) is 10.8 Å². The molecule has 18 heavy (non-hydrogen) atoms. The van der Waals surface area contributed by atoms with Gasteiger partial charge in [-0.25, -0.2) is 9.78 Å². The second kappa shape index (κ2) is 5.27. The van der Waals surface area contributed by atoms with E-state index in [-0.39, 0.29) is 5.88 Å². The molecular formula is C13H12N2O3. The second-order valence-electron chi connectivity index (χ2n) is 3.58. The molecule has 0 saturated heterocycles. The molecule has 1 aromatic heterocycles. The summed E-state index contributed by atoms with van der Waals surface area (Å²) in [6, 6.07) is 8.47. The number of benzene rings is 1. The molecule has 2 rings (SSSR count). The van der Waals surface area contributed by atoms with Gasteiger partial charge in [0.2, 0.25) is 0 Å². The Morgan fingerprint density at radius 3 is 2.72 bits per heavy atom. The highest BCUT2D eigenvalue weighted by Gasteiger charge is 2.12. The second-order valence-corrected chi connectivity index (χ2v) is 3.58. The SMILES string of the molecule is CCn1ccnc(OC(=O)c2ccccc2)c1=O. The summed E-state index contributed by atoms with van der Waals surface area (Å²) in [5.74, 6) is -0.790. The monoisotopic (exact) mass is 244 g/mol. The number of nitrogens with zero attached hydrogens (tertiary/aromatic N) is 2. The van der Waals surface area contributed by atoms with Crippen LogP contribution in [-0.4, -0.2) is 15.5 Å². The number of esters is 1. The number of ether oxygens (including phenoxy) is 1. The van der Waals surface area contributed by atoms with Crippen molar-refractivity contribution < 1.29 is 9.53 Å². The van der Waals surface area contributed by atoms with Crippen LogP contribution >= 0.6 is 0 Å². The van der Waals surface area contributed by atoms with Gasteiger partial charge in [-0.05, 0) is 19.1 Å². The standard InChI is InChI=1S/C13H12N2O3/c1-2-15-9-8-14-11(12(15)16)18-13(17)10-6-4-3-5-7-10/h3-9H,2H2,1H3. The van der Waals surface area contributed by atoms with E-state index in [4.69, 9.17) is 4.74 Å². The lowest BCUT2D eigenvalue weighted by molar-refractivity contribution is 0.0723. The summed E-state index contributed by atoms with van der Waals surface area (Å²) < 4.78 is 6.41. The molecular weight excluding hydrogens is 232 g/mol. The molecule has 0 aliphatic carbocycles. The van der Waals surface area contributed by atoms with E-state index in [0.29, 0.717) is 12.1 Å². The molecule has 0 fully saturated rings. The number of hydrogen-bond donors (Lipinski definition) is 0. The van der Waals surface area contributed by atoms with Crippen molar-refractivity contribution in [3.8, 4) is 5.88 Å². The smallest absolute Gasteiger partial charge is 0.345 e. The van der Waals surface area contributed by atoms with E-state index >= 15 is 0 Å². The van der Waals surface area contributed by atoms with Crippen LogP contribution < -0.4 is 10.3 Å². The Bertz CT molecular complexity index is 605. The van der Waals surface area contributed by atoms with Gasteiger partial charge in [-0.2, -0.15) is 0 Å². The van der Waals surface area contributed by atoms with Crippen molar-refractivity contribution in [2.24, 2.45) is 0 Å². The molecule has 1 aromatic carbocycles. The van der Waals surface area contributed by atoms with Gasteiger partial charge in [-0.3, -0.25) is 4.79 Å². The maximum absolute atomic E-state index is 11.8. The lowest BCUT2D eigenvalue weighted by Gasteiger charge is -2.05. The molecule has 0 unspecified atom stereocenters. The van der Waals surface area contributed by atoms with E-state index in [1.54, 1.807) is 36.5 Å². The summed E-state index contributed by atoms with van der Waals surface area (Å²) in [7, 11) is 0. The molecule has 0 atom stereocenters. The minimum absolute atomic E-state index is 0.201. The van der Waals surface area contributed by atoms with E-state index in [2.05, 4.69) is 4.98 Å². The summed E-state index contributed by atoms with van der Waals surface area (Å²) >= 11 is 0. The Hall–Kier alpha value is -2.43. The maximum atomic E-state index is 11.8. The zero-order chi connectivity index (χ0) is 13.0. The van der Waals surface area contributed by atoms with Crippen LogP contribution in [0.2, 0.25) is 0 Å². The van der Waals surface area contributed by atoms with Crippen LogP contribution in [0.15, 0.2) is 47.5 Å². The number of aryl methyl sites for hydroxylation is 1. The first kappa shape index (κ1) is 12.0. The fourth-order valence-corrected chi connectivity index (χ4v) is 1.47. The molecule has 0 radical (unpaired) electrons. The molecule has 0 spiro atoms. The first-order chi connectivity index (χ1) is 8.72. The van der Waals surface area contributed by atoms with Gasteiger partial charge in [0, 0.05) is 18.9 Å². The predicted molar refractivity (Wildman–Crippen MR) is 65.6 cm³/mol. The van der Waals surface area contributed by atoms with Crippen molar-refractivity contribution in [2.75, 3.05) is 0 Å². The summed E-state index contributed by atoms with van der Waals surface area (Å²) in [5.41, 5.74) is -0.0325. The highest BCUT2D eigenvalue weighted by atomic mass is 16.5. The maximum Gasteiger partial charge on any atom is 0.345 e. The average molecular weight is 244 g/mol. The van der Waals surface area contributed by atoms with Crippen LogP contribution in [0.5, 0.6) is 5.88 Å². The Morgan fingerprint density at radius 2 is 2.06 bits per heavy atom. The zero-order valence-electron chi connectivity index (χ0n) is 9.87. The van der Waals surface area contributed by atoms with E-state index in [1.807, 2.05) is 6.92 Å². The molecule has 0 N–H and O–H groups in total. The van der Waals surface area contributed by atoms with Crippen LogP contribution in [0.25, 0.3) is 0 Å². The van der Waals surface area contributed by atoms with Gasteiger partial charge in [-0.15, -0.1) is 0 Å². The molecule has 5 nitrogen and oxygen atoms in total. The Balaban J connectivity index is 2.25. The van der Waals surface area contributed by atoms with Crippen molar-refractivity contribution in [1.82, 2.24) is 9.55 Å². The van der Waals surface area contributed by atoms with Crippen molar-refractivity contribution >= 4 is 5.97 Å². The molecule has 0 aliphatic rings. The molecule has 2 aromatic rings. The molecule has 0 aliphatic heterocycles. The van der Waals surface area contributed by atoms with Crippen molar-refractivity contribution in [1.29, 1.82) is 0 Å². The average Bonchev–Trinajstić information content (AvgIpc) is 2.42. The minimum Gasteiger partial charge on any atom is -0.398 e. The highest BCUT2D eigenvalue weighted by molar-refractivity contribution is 5.90. The van der Waals surface area contributed by atoms with Crippen molar-refractivity contribution in [3.05, 3.63) is 58.6 Å². The van der Waals surface area contributed by atoms with Crippen LogP contribution in [0, 0.1) is 0 Å². The molecule has 1 heterocycles. The van der Waals surface area contributed by atoms with Crippen LogP contribution in [0.3, 0.4) is 0 Å². The largest absolute Gasteiger partial charge is 0.398 e. The summed E-state index contributed by atoms with van der Waals surface area (Å²) in [6.45, 7) is 2.32. The molecule has 5 heteroatoms.